The van der Waals surface area contributed by atoms with Crippen LogP contribution in [0.5, 0.6) is 0 Å². The van der Waals surface area contributed by atoms with Crippen LogP contribution in [0.4, 0.5) is 5.69 Å². The van der Waals surface area contributed by atoms with Crippen molar-refractivity contribution in [2.24, 2.45) is 0 Å². The summed E-state index contributed by atoms with van der Waals surface area (Å²) in [5.74, 6) is 0. The Morgan fingerprint density at radius 2 is 2.00 bits per heavy atom. The Labute approximate surface area is 109 Å². The van der Waals surface area contributed by atoms with E-state index in [2.05, 4.69) is 4.90 Å². The molecule has 0 bridgehead atoms. The second-order valence-corrected chi connectivity index (χ2v) is 6.78. The molecule has 0 fully saturated rings. The smallest absolute Gasteiger partial charge is 0.265 e. The summed E-state index contributed by atoms with van der Waals surface area (Å²) in [4.78, 5) is 2.06. The van der Waals surface area contributed by atoms with Crippen LogP contribution >= 0.6 is 0 Å². The van der Waals surface area contributed by atoms with Crippen LogP contribution in [0.15, 0.2) is 18.2 Å². The van der Waals surface area contributed by atoms with Gasteiger partial charge in [-0.25, -0.2) is 0 Å². The lowest BCUT2D eigenvalue weighted by Gasteiger charge is -2.31. The summed E-state index contributed by atoms with van der Waals surface area (Å²) in [6.45, 7) is 5.80. The molecule has 0 spiro atoms. The summed E-state index contributed by atoms with van der Waals surface area (Å²) >= 11 is 0. The van der Waals surface area contributed by atoms with Crippen molar-refractivity contribution in [2.75, 3.05) is 18.2 Å². The van der Waals surface area contributed by atoms with E-state index in [1.807, 2.05) is 46.0 Å². The zero-order chi connectivity index (χ0) is 13.7. The zero-order valence-corrected chi connectivity index (χ0v) is 12.2. The molecule has 0 N–H and O–H groups in total. The first-order valence-corrected chi connectivity index (χ1v) is 7.71. The highest BCUT2D eigenvalue weighted by Gasteiger charge is 2.47. The first-order chi connectivity index (χ1) is 8.15. The molecule has 18 heavy (non-hydrogen) atoms. The maximum absolute atomic E-state index is 11.5. The van der Waals surface area contributed by atoms with Gasteiger partial charge in [-0.2, -0.15) is 8.42 Å². The summed E-state index contributed by atoms with van der Waals surface area (Å²) in [7, 11) is -1.55. The standard InChI is InChI=1S/C13H19NO3S/c1-9-6-7-12-11(8-9)13(3,10(2)14(12)4)17-18(5,15)16/h6-8,10H,1-5H3. The average molecular weight is 269 g/mol. The fourth-order valence-corrected chi connectivity index (χ4v) is 3.45. The van der Waals surface area contributed by atoms with Crippen LogP contribution < -0.4 is 4.90 Å². The highest BCUT2D eigenvalue weighted by molar-refractivity contribution is 7.86. The summed E-state index contributed by atoms with van der Waals surface area (Å²) in [5, 5.41) is 0. The minimum atomic E-state index is -3.50. The van der Waals surface area contributed by atoms with E-state index < -0.39 is 15.7 Å². The molecule has 0 saturated carbocycles. The molecule has 1 aliphatic rings. The Kier molecular flexibility index (Phi) is 2.94. The summed E-state index contributed by atoms with van der Waals surface area (Å²) in [6.07, 6.45) is 1.10. The minimum Gasteiger partial charge on any atom is -0.368 e. The molecule has 0 radical (unpaired) electrons. The fraction of sp³-hybridized carbons (Fsp3) is 0.538. The van der Waals surface area contributed by atoms with Crippen molar-refractivity contribution in [1.82, 2.24) is 0 Å². The predicted molar refractivity (Wildman–Crippen MR) is 72.3 cm³/mol. The molecule has 2 atom stereocenters. The molecule has 0 aliphatic carbocycles. The SMILES string of the molecule is Cc1ccc2c(c1)C(C)(OS(C)(=O)=O)C(C)N2C. The lowest BCUT2D eigenvalue weighted by Crippen LogP contribution is -2.42. The van der Waals surface area contributed by atoms with Crippen LogP contribution in [-0.4, -0.2) is 27.8 Å². The van der Waals surface area contributed by atoms with E-state index in [0.29, 0.717) is 0 Å². The van der Waals surface area contributed by atoms with Crippen molar-refractivity contribution in [3.05, 3.63) is 29.3 Å². The van der Waals surface area contributed by atoms with Gasteiger partial charge in [-0.15, -0.1) is 0 Å². The van der Waals surface area contributed by atoms with Crippen LogP contribution in [0, 0.1) is 6.92 Å². The van der Waals surface area contributed by atoms with Crippen molar-refractivity contribution in [3.8, 4) is 0 Å². The van der Waals surface area contributed by atoms with Crippen LogP contribution in [0.25, 0.3) is 0 Å². The average Bonchev–Trinajstić information content (AvgIpc) is 2.39. The fourth-order valence-electron chi connectivity index (χ4n) is 2.59. The van der Waals surface area contributed by atoms with Crippen molar-refractivity contribution in [2.45, 2.75) is 32.4 Å². The van der Waals surface area contributed by atoms with Crippen LogP contribution in [0.1, 0.15) is 25.0 Å². The second kappa shape index (κ2) is 3.96. The molecule has 100 valence electrons. The van der Waals surface area contributed by atoms with Gasteiger partial charge in [-0.05, 0) is 26.8 Å². The van der Waals surface area contributed by atoms with Gasteiger partial charge in [0.2, 0.25) is 0 Å². The molecule has 0 saturated heterocycles. The lowest BCUT2D eigenvalue weighted by molar-refractivity contribution is 0.0829. The first-order valence-electron chi connectivity index (χ1n) is 5.90. The molecule has 1 aromatic rings. The summed E-state index contributed by atoms with van der Waals surface area (Å²) in [5.41, 5.74) is 2.23. The summed E-state index contributed by atoms with van der Waals surface area (Å²) < 4.78 is 28.4. The van der Waals surface area contributed by atoms with Gasteiger partial charge in [0.05, 0.1) is 12.3 Å². The molecule has 1 aromatic carbocycles. The van der Waals surface area contributed by atoms with Crippen molar-refractivity contribution in [3.63, 3.8) is 0 Å². The minimum absolute atomic E-state index is 0.0379. The predicted octanol–water partition coefficient (Wildman–Crippen LogP) is 2.02. The van der Waals surface area contributed by atoms with Gasteiger partial charge in [0, 0.05) is 18.3 Å². The second-order valence-electron chi connectivity index (χ2n) is 5.20. The molecular weight excluding hydrogens is 250 g/mol. The van der Waals surface area contributed by atoms with Gasteiger partial charge in [-0.1, -0.05) is 17.7 Å². The Bertz CT molecular complexity index is 582. The van der Waals surface area contributed by atoms with E-state index in [4.69, 9.17) is 4.18 Å². The van der Waals surface area contributed by atoms with E-state index in [-0.39, 0.29) is 6.04 Å². The molecule has 2 unspecified atom stereocenters. The van der Waals surface area contributed by atoms with Gasteiger partial charge in [-0.3, -0.25) is 4.18 Å². The summed E-state index contributed by atoms with van der Waals surface area (Å²) in [6, 6.07) is 6.00. The third kappa shape index (κ3) is 2.01. The van der Waals surface area contributed by atoms with E-state index >= 15 is 0 Å². The topological polar surface area (TPSA) is 46.6 Å². The van der Waals surface area contributed by atoms with E-state index in [1.54, 1.807) is 0 Å². The number of benzene rings is 1. The van der Waals surface area contributed by atoms with E-state index in [1.165, 1.54) is 0 Å². The molecule has 2 rings (SSSR count). The maximum atomic E-state index is 11.5. The monoisotopic (exact) mass is 269 g/mol. The molecule has 0 aromatic heterocycles. The Morgan fingerprint density at radius 3 is 2.56 bits per heavy atom. The molecule has 1 aliphatic heterocycles. The van der Waals surface area contributed by atoms with E-state index in [9.17, 15) is 8.42 Å². The lowest BCUT2D eigenvalue weighted by atomic mass is 9.92. The van der Waals surface area contributed by atoms with Gasteiger partial charge < -0.3 is 4.90 Å². The quantitative estimate of drug-likeness (QED) is 0.771. The molecular formula is C13H19NO3S. The zero-order valence-electron chi connectivity index (χ0n) is 11.4. The molecule has 0 amide bonds. The van der Waals surface area contributed by atoms with Crippen LogP contribution in [0.3, 0.4) is 0 Å². The van der Waals surface area contributed by atoms with Crippen LogP contribution in [-0.2, 0) is 19.9 Å². The molecule has 1 heterocycles. The number of aryl methyl sites for hydroxylation is 1. The van der Waals surface area contributed by atoms with Crippen molar-refractivity contribution < 1.29 is 12.6 Å². The number of hydrogen-bond acceptors (Lipinski definition) is 4. The maximum Gasteiger partial charge on any atom is 0.265 e. The number of likely N-dealkylation sites (N-methyl/N-ethyl adjacent to an activating group) is 1. The van der Waals surface area contributed by atoms with Gasteiger partial charge >= 0.3 is 0 Å². The number of rotatable bonds is 2. The van der Waals surface area contributed by atoms with Gasteiger partial charge in [0.25, 0.3) is 10.1 Å². The molecule has 5 heteroatoms. The molecule has 4 nitrogen and oxygen atoms in total. The number of nitrogens with zero attached hydrogens (tertiary/aromatic N) is 1. The highest BCUT2D eigenvalue weighted by Crippen LogP contribution is 2.46. The van der Waals surface area contributed by atoms with Crippen molar-refractivity contribution >= 4 is 15.8 Å². The Hall–Kier alpha value is -1.07. The third-order valence-electron chi connectivity index (χ3n) is 3.77. The number of fused-ring (bicyclic) bond motifs is 1. The normalized spacial score (nSPS) is 27.4. The highest BCUT2D eigenvalue weighted by atomic mass is 32.2. The Balaban J connectivity index is 2.60. The van der Waals surface area contributed by atoms with Gasteiger partial charge in [0.15, 0.2) is 0 Å². The third-order valence-corrected chi connectivity index (χ3v) is 4.42. The van der Waals surface area contributed by atoms with Crippen molar-refractivity contribution in [1.29, 1.82) is 0 Å². The van der Waals surface area contributed by atoms with Gasteiger partial charge in [0.1, 0.15) is 5.60 Å². The Morgan fingerprint density at radius 1 is 1.39 bits per heavy atom. The van der Waals surface area contributed by atoms with Crippen LogP contribution in [0.2, 0.25) is 0 Å². The largest absolute Gasteiger partial charge is 0.368 e. The van der Waals surface area contributed by atoms with E-state index in [0.717, 1.165) is 23.1 Å². The number of hydrogen-bond donors (Lipinski definition) is 0. The first kappa shape index (κ1) is 13.4. The number of anilines is 1.